The summed E-state index contributed by atoms with van der Waals surface area (Å²) >= 11 is 0. The average Bonchev–Trinajstić information content (AvgIpc) is 2.73. The van der Waals surface area contributed by atoms with Crippen molar-refractivity contribution in [2.75, 3.05) is 0 Å². The summed E-state index contributed by atoms with van der Waals surface area (Å²) in [6, 6.07) is 4.02. The van der Waals surface area contributed by atoms with Crippen LogP contribution in [0.3, 0.4) is 0 Å². The van der Waals surface area contributed by atoms with Crippen molar-refractivity contribution in [3.63, 3.8) is 0 Å². The molecular formula is C15H14FN3O3. The molecule has 3 rings (SSSR count). The van der Waals surface area contributed by atoms with Gasteiger partial charge in [0, 0.05) is 10.9 Å². The van der Waals surface area contributed by atoms with Gasteiger partial charge in [-0.15, -0.1) is 0 Å². The first-order valence-electron chi connectivity index (χ1n) is 6.68. The molecule has 0 atom stereocenters. The summed E-state index contributed by atoms with van der Waals surface area (Å²) in [5.74, 6) is -1.80. The summed E-state index contributed by atoms with van der Waals surface area (Å²) in [6.45, 7) is 5.23. The summed E-state index contributed by atoms with van der Waals surface area (Å²) in [6.07, 6.45) is 0. The van der Waals surface area contributed by atoms with Crippen molar-refractivity contribution in [3.05, 3.63) is 39.9 Å². The van der Waals surface area contributed by atoms with Gasteiger partial charge in [0.05, 0.1) is 11.1 Å². The number of carboxylic acid groups (broad SMARTS) is 1. The Balaban J connectivity index is 2.59. The SMILES string of the molecule is CC(C)(C)n1nc2c([nH]c3ccc(F)cc32)c(C(=O)O)c1=O. The minimum Gasteiger partial charge on any atom is -0.477 e. The fourth-order valence-electron chi connectivity index (χ4n) is 2.45. The predicted octanol–water partition coefficient (Wildman–Crippen LogP) is 2.47. The molecule has 22 heavy (non-hydrogen) atoms. The van der Waals surface area contributed by atoms with Gasteiger partial charge in [-0.2, -0.15) is 5.10 Å². The van der Waals surface area contributed by atoms with Crippen molar-refractivity contribution >= 4 is 27.9 Å². The normalized spacial score (nSPS) is 12.2. The van der Waals surface area contributed by atoms with Gasteiger partial charge in [-0.1, -0.05) is 0 Å². The first-order chi connectivity index (χ1) is 10.2. The van der Waals surface area contributed by atoms with Crippen LogP contribution in [0.1, 0.15) is 31.1 Å². The van der Waals surface area contributed by atoms with E-state index < -0.39 is 28.4 Å². The number of hydrogen-bond acceptors (Lipinski definition) is 3. The maximum Gasteiger partial charge on any atom is 0.343 e. The highest BCUT2D eigenvalue weighted by Crippen LogP contribution is 2.26. The topological polar surface area (TPSA) is 88.0 Å². The Kier molecular flexibility index (Phi) is 2.85. The molecule has 0 saturated heterocycles. The van der Waals surface area contributed by atoms with E-state index in [0.717, 1.165) is 4.68 Å². The second-order valence-corrected chi connectivity index (χ2v) is 6.11. The van der Waals surface area contributed by atoms with Gasteiger partial charge < -0.3 is 10.1 Å². The third-order valence-electron chi connectivity index (χ3n) is 3.44. The molecule has 0 amide bonds. The number of nitrogens with one attached hydrogen (secondary N) is 1. The van der Waals surface area contributed by atoms with Gasteiger partial charge in [0.2, 0.25) is 0 Å². The monoisotopic (exact) mass is 303 g/mol. The predicted molar refractivity (Wildman–Crippen MR) is 79.8 cm³/mol. The van der Waals surface area contributed by atoms with Gasteiger partial charge in [0.1, 0.15) is 11.3 Å². The minimum absolute atomic E-state index is 0.110. The van der Waals surface area contributed by atoms with Crippen LogP contribution in [0, 0.1) is 5.82 Å². The molecule has 0 aliphatic carbocycles. The molecule has 0 radical (unpaired) electrons. The van der Waals surface area contributed by atoms with Gasteiger partial charge in [0.25, 0.3) is 5.56 Å². The molecule has 1 aromatic carbocycles. The van der Waals surface area contributed by atoms with E-state index in [-0.39, 0.29) is 11.0 Å². The van der Waals surface area contributed by atoms with Crippen molar-refractivity contribution in [3.8, 4) is 0 Å². The van der Waals surface area contributed by atoms with Gasteiger partial charge >= 0.3 is 5.97 Å². The summed E-state index contributed by atoms with van der Waals surface area (Å²) in [5.41, 5.74) is -0.889. The molecule has 6 nitrogen and oxygen atoms in total. The number of aromatic amines is 1. The molecule has 2 heterocycles. The van der Waals surface area contributed by atoms with Crippen molar-refractivity contribution in [2.45, 2.75) is 26.3 Å². The zero-order valence-corrected chi connectivity index (χ0v) is 12.3. The molecule has 2 N–H and O–H groups in total. The van der Waals surface area contributed by atoms with Crippen LogP contribution in [0.15, 0.2) is 23.0 Å². The van der Waals surface area contributed by atoms with Gasteiger partial charge in [-0.25, -0.2) is 13.9 Å². The molecule has 0 aliphatic rings. The summed E-state index contributed by atoms with van der Waals surface area (Å²) in [7, 11) is 0. The van der Waals surface area contributed by atoms with Crippen molar-refractivity contribution in [1.29, 1.82) is 0 Å². The Morgan fingerprint density at radius 1 is 1.36 bits per heavy atom. The Morgan fingerprint density at radius 3 is 2.64 bits per heavy atom. The van der Waals surface area contributed by atoms with Crippen LogP contribution in [0.4, 0.5) is 4.39 Å². The lowest BCUT2D eigenvalue weighted by Gasteiger charge is -2.21. The van der Waals surface area contributed by atoms with Crippen LogP contribution >= 0.6 is 0 Å². The first-order valence-corrected chi connectivity index (χ1v) is 6.68. The number of halogens is 1. The highest BCUT2D eigenvalue weighted by atomic mass is 19.1. The number of fused-ring (bicyclic) bond motifs is 3. The van der Waals surface area contributed by atoms with Crippen LogP contribution in [-0.2, 0) is 5.54 Å². The maximum absolute atomic E-state index is 13.5. The van der Waals surface area contributed by atoms with Gasteiger partial charge in [-0.05, 0) is 39.0 Å². The smallest absolute Gasteiger partial charge is 0.343 e. The summed E-state index contributed by atoms with van der Waals surface area (Å²) < 4.78 is 14.6. The fraction of sp³-hybridized carbons (Fsp3) is 0.267. The molecule has 0 spiro atoms. The van der Waals surface area contributed by atoms with E-state index in [2.05, 4.69) is 10.1 Å². The molecule has 114 valence electrons. The third-order valence-corrected chi connectivity index (χ3v) is 3.44. The Hall–Kier alpha value is -2.70. The zero-order chi connectivity index (χ0) is 16.2. The number of aromatic carboxylic acids is 1. The molecule has 3 aromatic rings. The van der Waals surface area contributed by atoms with Crippen LogP contribution in [0.2, 0.25) is 0 Å². The summed E-state index contributed by atoms with van der Waals surface area (Å²) in [5, 5.41) is 14.1. The number of H-pyrrole nitrogens is 1. The lowest BCUT2D eigenvalue weighted by molar-refractivity contribution is 0.0695. The number of carbonyl (C=O) groups is 1. The molecule has 0 fully saturated rings. The number of rotatable bonds is 1. The van der Waals surface area contributed by atoms with E-state index in [4.69, 9.17) is 0 Å². The van der Waals surface area contributed by atoms with Crippen molar-refractivity contribution < 1.29 is 14.3 Å². The average molecular weight is 303 g/mol. The number of nitrogens with zero attached hydrogens (tertiary/aromatic N) is 2. The fourth-order valence-corrected chi connectivity index (χ4v) is 2.45. The van der Waals surface area contributed by atoms with Gasteiger partial charge in [0.15, 0.2) is 5.56 Å². The molecule has 0 aliphatic heterocycles. The Morgan fingerprint density at radius 2 is 2.05 bits per heavy atom. The highest BCUT2D eigenvalue weighted by molar-refractivity contribution is 6.11. The van der Waals surface area contributed by atoms with Crippen molar-refractivity contribution in [1.82, 2.24) is 14.8 Å². The quantitative estimate of drug-likeness (QED) is 0.723. The molecule has 0 saturated carbocycles. The second kappa shape index (κ2) is 4.40. The van der Waals surface area contributed by atoms with E-state index in [0.29, 0.717) is 10.9 Å². The molecule has 7 heteroatoms. The number of aromatic nitrogens is 3. The highest BCUT2D eigenvalue weighted by Gasteiger charge is 2.26. The minimum atomic E-state index is -1.34. The molecular weight excluding hydrogens is 289 g/mol. The lowest BCUT2D eigenvalue weighted by Crippen LogP contribution is -2.38. The van der Waals surface area contributed by atoms with E-state index in [1.54, 1.807) is 20.8 Å². The largest absolute Gasteiger partial charge is 0.477 e. The number of benzene rings is 1. The van der Waals surface area contributed by atoms with Crippen molar-refractivity contribution in [2.24, 2.45) is 0 Å². The number of hydrogen-bond donors (Lipinski definition) is 2. The maximum atomic E-state index is 13.5. The molecule has 0 unspecified atom stereocenters. The van der Waals surface area contributed by atoms with Crippen LogP contribution in [0.5, 0.6) is 0 Å². The van der Waals surface area contributed by atoms with E-state index in [1.807, 2.05) is 0 Å². The van der Waals surface area contributed by atoms with Crippen LogP contribution in [0.25, 0.3) is 21.9 Å². The molecule has 0 bridgehead atoms. The van der Waals surface area contributed by atoms with E-state index in [9.17, 15) is 19.1 Å². The number of carboxylic acids is 1. The zero-order valence-electron chi connectivity index (χ0n) is 12.3. The van der Waals surface area contributed by atoms with Crippen LogP contribution < -0.4 is 5.56 Å². The standard InChI is InChI=1S/C15H14FN3O3/c1-15(2,3)19-13(20)10(14(21)22)12-11(18-19)8-6-7(16)4-5-9(8)17-12/h4-6,17H,1-3H3,(H,21,22). The van der Waals surface area contributed by atoms with Gasteiger partial charge in [-0.3, -0.25) is 4.79 Å². The van der Waals surface area contributed by atoms with Crippen LogP contribution in [-0.4, -0.2) is 25.8 Å². The first kappa shape index (κ1) is 14.2. The Labute approximate surface area is 124 Å². The second-order valence-electron chi connectivity index (χ2n) is 6.11. The third kappa shape index (κ3) is 1.97. The molecule has 2 aromatic heterocycles. The lowest BCUT2D eigenvalue weighted by atomic mass is 10.1. The summed E-state index contributed by atoms with van der Waals surface area (Å²) in [4.78, 5) is 26.8. The van der Waals surface area contributed by atoms with E-state index >= 15 is 0 Å². The van der Waals surface area contributed by atoms with E-state index in [1.165, 1.54) is 18.2 Å². The Bertz CT molecular complexity index is 980.